The number of rotatable bonds is 7. The van der Waals surface area contributed by atoms with E-state index in [0.717, 1.165) is 38.5 Å². The van der Waals surface area contributed by atoms with E-state index in [1.807, 2.05) is 6.07 Å². The van der Waals surface area contributed by atoms with Crippen molar-refractivity contribution in [3.63, 3.8) is 0 Å². The standard InChI is InChI=1S/C18H28N2O3/c1-4-5-11-23-16-9-8-15(13-19-16)20-17(21)18(22-3)10-6-7-14(2)12-18/h8-9,13-14H,4-7,10-12H2,1-3H3,(H,20,21)/t14-,18+/m1/s1. The highest BCUT2D eigenvalue weighted by Crippen LogP contribution is 2.35. The SMILES string of the molecule is CCCCOc1ccc(NC(=O)[C@]2(OC)CCC[C@@H](C)C2)cn1. The topological polar surface area (TPSA) is 60.5 Å². The van der Waals surface area contributed by atoms with Crippen LogP contribution in [0.2, 0.25) is 0 Å². The Hall–Kier alpha value is -1.62. The Bertz CT molecular complexity index is 503. The number of carbonyl (C=O) groups excluding carboxylic acids is 1. The van der Waals surface area contributed by atoms with Gasteiger partial charge in [-0.2, -0.15) is 0 Å². The molecule has 1 aromatic rings. The minimum Gasteiger partial charge on any atom is -0.478 e. The van der Waals surface area contributed by atoms with Gasteiger partial charge in [-0.05, 0) is 37.7 Å². The average molecular weight is 320 g/mol. The molecule has 0 bridgehead atoms. The lowest BCUT2D eigenvalue weighted by Crippen LogP contribution is -2.47. The first kappa shape index (κ1) is 17.7. The summed E-state index contributed by atoms with van der Waals surface area (Å²) < 4.78 is 11.1. The van der Waals surface area contributed by atoms with Gasteiger partial charge in [0.05, 0.1) is 18.5 Å². The lowest BCUT2D eigenvalue weighted by molar-refractivity contribution is -0.143. The van der Waals surface area contributed by atoms with Crippen LogP contribution < -0.4 is 10.1 Å². The van der Waals surface area contributed by atoms with Gasteiger partial charge in [-0.15, -0.1) is 0 Å². The maximum atomic E-state index is 12.7. The second-order valence-electron chi connectivity index (χ2n) is 6.44. The van der Waals surface area contributed by atoms with E-state index in [-0.39, 0.29) is 5.91 Å². The Kier molecular flexibility index (Phi) is 6.39. The molecule has 0 saturated heterocycles. The highest BCUT2D eigenvalue weighted by Gasteiger charge is 2.41. The van der Waals surface area contributed by atoms with E-state index in [9.17, 15) is 4.79 Å². The molecule has 5 heteroatoms. The first-order chi connectivity index (χ1) is 11.1. The summed E-state index contributed by atoms with van der Waals surface area (Å²) in [6.07, 6.45) is 7.44. The van der Waals surface area contributed by atoms with E-state index in [1.165, 1.54) is 0 Å². The van der Waals surface area contributed by atoms with E-state index in [2.05, 4.69) is 24.1 Å². The maximum Gasteiger partial charge on any atom is 0.256 e. The smallest absolute Gasteiger partial charge is 0.256 e. The van der Waals surface area contributed by atoms with E-state index >= 15 is 0 Å². The van der Waals surface area contributed by atoms with Crippen molar-refractivity contribution in [1.29, 1.82) is 0 Å². The molecule has 1 aliphatic rings. The van der Waals surface area contributed by atoms with Crippen LogP contribution in [-0.4, -0.2) is 30.2 Å². The summed E-state index contributed by atoms with van der Waals surface area (Å²) >= 11 is 0. The number of anilines is 1. The van der Waals surface area contributed by atoms with Gasteiger partial charge in [0.2, 0.25) is 5.88 Å². The van der Waals surface area contributed by atoms with Crippen molar-refractivity contribution in [1.82, 2.24) is 4.98 Å². The first-order valence-corrected chi connectivity index (χ1v) is 8.55. The van der Waals surface area contributed by atoms with E-state index in [0.29, 0.717) is 24.1 Å². The molecule has 1 saturated carbocycles. The number of amides is 1. The van der Waals surface area contributed by atoms with Crippen molar-refractivity contribution in [3.8, 4) is 5.88 Å². The van der Waals surface area contributed by atoms with Crippen LogP contribution in [0.15, 0.2) is 18.3 Å². The number of hydrogen-bond donors (Lipinski definition) is 1. The summed E-state index contributed by atoms with van der Waals surface area (Å²) in [5.41, 5.74) is -0.0407. The summed E-state index contributed by atoms with van der Waals surface area (Å²) in [6.45, 7) is 4.96. The Morgan fingerprint density at radius 1 is 1.48 bits per heavy atom. The molecule has 1 N–H and O–H groups in total. The molecule has 1 aromatic heterocycles. The molecule has 0 aliphatic heterocycles. The van der Waals surface area contributed by atoms with Gasteiger partial charge in [-0.1, -0.05) is 26.7 Å². The number of pyridine rings is 1. The van der Waals surface area contributed by atoms with E-state index in [4.69, 9.17) is 9.47 Å². The third-order valence-electron chi connectivity index (χ3n) is 4.50. The monoisotopic (exact) mass is 320 g/mol. The summed E-state index contributed by atoms with van der Waals surface area (Å²) in [5.74, 6) is 1.01. The van der Waals surface area contributed by atoms with Crippen molar-refractivity contribution in [2.24, 2.45) is 5.92 Å². The van der Waals surface area contributed by atoms with Gasteiger partial charge in [-0.3, -0.25) is 4.79 Å². The lowest BCUT2D eigenvalue weighted by Gasteiger charge is -2.37. The summed E-state index contributed by atoms with van der Waals surface area (Å²) in [5, 5.41) is 2.94. The fourth-order valence-electron chi connectivity index (χ4n) is 3.09. The van der Waals surface area contributed by atoms with Crippen LogP contribution >= 0.6 is 0 Å². The molecule has 1 fully saturated rings. The number of nitrogens with zero attached hydrogens (tertiary/aromatic N) is 1. The summed E-state index contributed by atoms with van der Waals surface area (Å²) in [6, 6.07) is 3.61. The highest BCUT2D eigenvalue weighted by atomic mass is 16.5. The number of methoxy groups -OCH3 is 1. The molecule has 2 rings (SSSR count). The molecule has 0 radical (unpaired) electrons. The normalized spacial score (nSPS) is 24.2. The molecule has 0 spiro atoms. The van der Waals surface area contributed by atoms with Gasteiger partial charge in [0, 0.05) is 13.2 Å². The van der Waals surface area contributed by atoms with Gasteiger partial charge in [0.1, 0.15) is 5.60 Å². The number of hydrogen-bond acceptors (Lipinski definition) is 4. The van der Waals surface area contributed by atoms with Crippen molar-refractivity contribution in [2.75, 3.05) is 19.0 Å². The van der Waals surface area contributed by atoms with Gasteiger partial charge in [-0.25, -0.2) is 4.98 Å². The molecule has 2 atom stereocenters. The molecular formula is C18H28N2O3. The maximum absolute atomic E-state index is 12.7. The Labute approximate surface area is 138 Å². The van der Waals surface area contributed by atoms with Crippen LogP contribution in [0.3, 0.4) is 0 Å². The Balaban J connectivity index is 1.96. The molecule has 5 nitrogen and oxygen atoms in total. The van der Waals surface area contributed by atoms with Gasteiger partial charge in [0.25, 0.3) is 5.91 Å². The largest absolute Gasteiger partial charge is 0.478 e. The Morgan fingerprint density at radius 3 is 2.91 bits per heavy atom. The number of unbranched alkanes of at least 4 members (excludes halogenated alkanes) is 1. The highest BCUT2D eigenvalue weighted by molar-refractivity contribution is 5.97. The predicted octanol–water partition coefficient (Wildman–Crippen LogP) is 3.79. The predicted molar refractivity (Wildman–Crippen MR) is 90.6 cm³/mol. The Morgan fingerprint density at radius 2 is 2.30 bits per heavy atom. The van der Waals surface area contributed by atoms with E-state index in [1.54, 1.807) is 19.4 Å². The second kappa shape index (κ2) is 8.29. The number of ether oxygens (including phenoxy) is 2. The fourth-order valence-corrected chi connectivity index (χ4v) is 3.09. The molecule has 128 valence electrons. The number of nitrogens with one attached hydrogen (secondary N) is 1. The molecule has 0 unspecified atom stereocenters. The quantitative estimate of drug-likeness (QED) is 0.776. The van der Waals surface area contributed by atoms with Crippen molar-refractivity contribution in [2.45, 2.75) is 58.0 Å². The molecule has 1 amide bonds. The van der Waals surface area contributed by atoms with Crippen molar-refractivity contribution < 1.29 is 14.3 Å². The minimum atomic E-state index is -0.714. The van der Waals surface area contributed by atoms with Crippen molar-refractivity contribution in [3.05, 3.63) is 18.3 Å². The second-order valence-corrected chi connectivity index (χ2v) is 6.44. The van der Waals surface area contributed by atoms with Crippen LogP contribution in [0.25, 0.3) is 0 Å². The zero-order valence-corrected chi connectivity index (χ0v) is 14.4. The van der Waals surface area contributed by atoms with Crippen LogP contribution in [0.5, 0.6) is 5.88 Å². The van der Waals surface area contributed by atoms with Gasteiger partial charge >= 0.3 is 0 Å². The summed E-state index contributed by atoms with van der Waals surface area (Å²) in [7, 11) is 1.63. The third-order valence-corrected chi connectivity index (χ3v) is 4.50. The summed E-state index contributed by atoms with van der Waals surface area (Å²) in [4.78, 5) is 16.9. The zero-order valence-electron chi connectivity index (χ0n) is 14.4. The van der Waals surface area contributed by atoms with E-state index < -0.39 is 5.60 Å². The van der Waals surface area contributed by atoms with Crippen molar-refractivity contribution >= 4 is 11.6 Å². The zero-order chi connectivity index (χ0) is 16.7. The van der Waals surface area contributed by atoms with Crippen LogP contribution in [0, 0.1) is 5.92 Å². The van der Waals surface area contributed by atoms with Crippen LogP contribution in [0.1, 0.15) is 52.4 Å². The fraction of sp³-hybridized carbons (Fsp3) is 0.667. The minimum absolute atomic E-state index is 0.0759. The molecule has 23 heavy (non-hydrogen) atoms. The molecule has 0 aromatic carbocycles. The lowest BCUT2D eigenvalue weighted by atomic mass is 9.78. The number of carbonyl (C=O) groups is 1. The van der Waals surface area contributed by atoms with Gasteiger partial charge < -0.3 is 14.8 Å². The molecule has 1 aliphatic carbocycles. The first-order valence-electron chi connectivity index (χ1n) is 8.55. The van der Waals surface area contributed by atoms with Gasteiger partial charge in [0.15, 0.2) is 0 Å². The van der Waals surface area contributed by atoms with Crippen LogP contribution in [-0.2, 0) is 9.53 Å². The molecular weight excluding hydrogens is 292 g/mol. The molecule has 1 heterocycles. The average Bonchev–Trinajstić information content (AvgIpc) is 2.56. The number of aromatic nitrogens is 1. The van der Waals surface area contributed by atoms with Crippen LogP contribution in [0.4, 0.5) is 5.69 Å². The third kappa shape index (κ3) is 4.67.